The second kappa shape index (κ2) is 15.7. The van der Waals surface area contributed by atoms with Gasteiger partial charge < -0.3 is 25.3 Å². The highest BCUT2D eigenvalue weighted by atomic mass is 127. The maximum absolute atomic E-state index is 11.9. The highest BCUT2D eigenvalue weighted by Gasteiger charge is 2.08. The summed E-state index contributed by atoms with van der Waals surface area (Å²) in [6.07, 6.45) is 3.79. The average molecular weight is 493 g/mol. The van der Waals surface area contributed by atoms with Gasteiger partial charge in [0.15, 0.2) is 5.96 Å². The molecule has 0 aliphatic rings. The average Bonchev–Trinajstić information content (AvgIpc) is 3.15. The lowest BCUT2D eigenvalue weighted by molar-refractivity contribution is -0.119. The van der Waals surface area contributed by atoms with Crippen molar-refractivity contribution in [2.45, 2.75) is 53.1 Å². The Bertz CT molecular complexity index is 518. The number of amides is 1. The Kier molecular flexibility index (Phi) is 15.0. The third-order valence-electron chi connectivity index (χ3n) is 4.15. The van der Waals surface area contributed by atoms with Gasteiger partial charge in [0.1, 0.15) is 12.3 Å². The topological polar surface area (TPSA) is 81.9 Å². The zero-order valence-electron chi connectivity index (χ0n) is 17.1. The van der Waals surface area contributed by atoms with Crippen molar-refractivity contribution in [2.75, 3.05) is 32.7 Å². The van der Waals surface area contributed by atoms with Gasteiger partial charge in [0.2, 0.25) is 5.91 Å². The van der Waals surface area contributed by atoms with Crippen molar-refractivity contribution in [2.24, 2.45) is 4.99 Å². The minimum absolute atomic E-state index is 0. The molecule has 156 valence electrons. The number of carbonyl (C=O) groups is 1. The molecular weight excluding hydrogens is 457 g/mol. The third kappa shape index (κ3) is 11.9. The van der Waals surface area contributed by atoms with Gasteiger partial charge in [-0.3, -0.25) is 4.79 Å². The SMILES string of the molecule is CCNC(=NCC(=O)NCc1ccco1)NC(C)CCCN(CC)CC.I. The standard InChI is InChI=1S/C19H35N5O2.HI/c1-5-20-19(23-16(4)10-8-12-24(6-2)7-3)22-15-18(25)21-14-17-11-9-13-26-17;/h9,11,13,16H,5-8,10,12,14-15H2,1-4H3,(H,21,25)(H2,20,22,23);1H. The largest absolute Gasteiger partial charge is 0.467 e. The van der Waals surface area contributed by atoms with Crippen LogP contribution in [0.15, 0.2) is 27.8 Å². The minimum atomic E-state index is -0.132. The molecule has 0 aliphatic heterocycles. The van der Waals surface area contributed by atoms with Crippen molar-refractivity contribution in [3.05, 3.63) is 24.2 Å². The molecule has 0 radical (unpaired) electrons. The first-order valence-electron chi connectivity index (χ1n) is 9.65. The van der Waals surface area contributed by atoms with Gasteiger partial charge in [-0.2, -0.15) is 0 Å². The molecule has 0 spiro atoms. The fourth-order valence-corrected chi connectivity index (χ4v) is 2.59. The van der Waals surface area contributed by atoms with Gasteiger partial charge in [0.25, 0.3) is 0 Å². The Morgan fingerprint density at radius 3 is 2.59 bits per heavy atom. The van der Waals surface area contributed by atoms with Crippen molar-refractivity contribution < 1.29 is 9.21 Å². The molecule has 1 aromatic heterocycles. The number of nitrogens with zero attached hydrogens (tertiary/aromatic N) is 2. The maximum Gasteiger partial charge on any atom is 0.242 e. The number of aliphatic imine (C=N–C) groups is 1. The fraction of sp³-hybridized carbons (Fsp3) is 0.684. The van der Waals surface area contributed by atoms with Crippen LogP contribution in [0.25, 0.3) is 0 Å². The number of hydrogen-bond donors (Lipinski definition) is 3. The highest BCUT2D eigenvalue weighted by Crippen LogP contribution is 2.00. The predicted octanol–water partition coefficient (Wildman–Crippen LogP) is 2.58. The molecule has 7 nitrogen and oxygen atoms in total. The van der Waals surface area contributed by atoms with E-state index in [1.807, 2.05) is 13.0 Å². The number of guanidine groups is 1. The number of rotatable bonds is 12. The van der Waals surface area contributed by atoms with Crippen molar-refractivity contribution in [3.63, 3.8) is 0 Å². The molecule has 0 bridgehead atoms. The Hall–Kier alpha value is -1.29. The van der Waals surface area contributed by atoms with Gasteiger partial charge in [-0.1, -0.05) is 13.8 Å². The molecule has 0 fully saturated rings. The number of halogens is 1. The summed E-state index contributed by atoms with van der Waals surface area (Å²) in [4.78, 5) is 18.7. The second-order valence-electron chi connectivity index (χ2n) is 6.27. The monoisotopic (exact) mass is 493 g/mol. The van der Waals surface area contributed by atoms with E-state index in [1.165, 1.54) is 0 Å². The Balaban J connectivity index is 0.00000676. The van der Waals surface area contributed by atoms with E-state index in [9.17, 15) is 4.79 Å². The van der Waals surface area contributed by atoms with Gasteiger partial charge in [-0.25, -0.2) is 4.99 Å². The van der Waals surface area contributed by atoms with Crippen LogP contribution in [0.3, 0.4) is 0 Å². The van der Waals surface area contributed by atoms with E-state index in [2.05, 4.69) is 46.6 Å². The van der Waals surface area contributed by atoms with E-state index < -0.39 is 0 Å². The van der Waals surface area contributed by atoms with E-state index >= 15 is 0 Å². The van der Waals surface area contributed by atoms with E-state index in [0.717, 1.165) is 44.8 Å². The molecule has 0 aromatic carbocycles. The third-order valence-corrected chi connectivity index (χ3v) is 4.15. The van der Waals surface area contributed by atoms with Crippen molar-refractivity contribution >= 4 is 35.8 Å². The van der Waals surface area contributed by atoms with Crippen molar-refractivity contribution in [3.8, 4) is 0 Å². The summed E-state index contributed by atoms with van der Waals surface area (Å²) in [5, 5.41) is 9.36. The fourth-order valence-electron chi connectivity index (χ4n) is 2.59. The number of nitrogens with one attached hydrogen (secondary N) is 3. The molecule has 1 aromatic rings. The molecule has 1 atom stereocenters. The molecule has 0 saturated carbocycles. The number of furan rings is 1. The first-order chi connectivity index (χ1) is 12.6. The molecule has 0 aliphatic carbocycles. The highest BCUT2D eigenvalue weighted by molar-refractivity contribution is 14.0. The Labute approximate surface area is 180 Å². The van der Waals surface area contributed by atoms with Gasteiger partial charge in [0, 0.05) is 12.6 Å². The van der Waals surface area contributed by atoms with Crippen LogP contribution in [-0.4, -0.2) is 55.5 Å². The van der Waals surface area contributed by atoms with E-state index in [0.29, 0.717) is 18.5 Å². The zero-order chi connectivity index (χ0) is 19.2. The van der Waals surface area contributed by atoms with Crippen molar-refractivity contribution in [1.82, 2.24) is 20.9 Å². The summed E-state index contributed by atoms with van der Waals surface area (Å²) in [5.74, 6) is 1.28. The van der Waals surface area contributed by atoms with Crippen LogP contribution in [-0.2, 0) is 11.3 Å². The normalized spacial score (nSPS) is 12.4. The minimum Gasteiger partial charge on any atom is -0.467 e. The summed E-state index contributed by atoms with van der Waals surface area (Å²) in [5.41, 5.74) is 0. The van der Waals surface area contributed by atoms with Gasteiger partial charge in [0.05, 0.1) is 12.8 Å². The molecule has 1 heterocycles. The smallest absolute Gasteiger partial charge is 0.242 e. The van der Waals surface area contributed by atoms with Crippen LogP contribution in [0.2, 0.25) is 0 Å². The van der Waals surface area contributed by atoms with Gasteiger partial charge in [-0.15, -0.1) is 24.0 Å². The van der Waals surface area contributed by atoms with Gasteiger partial charge >= 0.3 is 0 Å². The van der Waals surface area contributed by atoms with Crippen LogP contribution in [0.4, 0.5) is 0 Å². The summed E-state index contributed by atoms with van der Waals surface area (Å²) >= 11 is 0. The summed E-state index contributed by atoms with van der Waals surface area (Å²) in [6, 6.07) is 3.93. The van der Waals surface area contributed by atoms with Crippen LogP contribution in [0.5, 0.6) is 0 Å². The molecule has 3 N–H and O–H groups in total. The quantitative estimate of drug-likeness (QED) is 0.237. The molecule has 1 unspecified atom stereocenters. The molecule has 8 heteroatoms. The number of carbonyl (C=O) groups excluding carboxylic acids is 1. The molecule has 27 heavy (non-hydrogen) atoms. The van der Waals surface area contributed by atoms with Crippen LogP contribution >= 0.6 is 24.0 Å². The van der Waals surface area contributed by atoms with E-state index in [-0.39, 0.29) is 36.4 Å². The maximum atomic E-state index is 11.9. The summed E-state index contributed by atoms with van der Waals surface area (Å²) in [7, 11) is 0. The molecule has 0 saturated heterocycles. The Morgan fingerprint density at radius 1 is 1.26 bits per heavy atom. The molecular formula is C19H36IN5O2. The molecule has 1 amide bonds. The second-order valence-corrected chi connectivity index (χ2v) is 6.27. The van der Waals surface area contributed by atoms with Crippen molar-refractivity contribution in [1.29, 1.82) is 0 Å². The van der Waals surface area contributed by atoms with Crippen LogP contribution < -0.4 is 16.0 Å². The lowest BCUT2D eigenvalue weighted by atomic mass is 10.2. The predicted molar refractivity (Wildman–Crippen MR) is 122 cm³/mol. The molecule has 1 rings (SSSR count). The van der Waals surface area contributed by atoms with Gasteiger partial charge in [-0.05, 0) is 58.5 Å². The summed E-state index contributed by atoms with van der Waals surface area (Å²) < 4.78 is 5.19. The van der Waals surface area contributed by atoms with E-state index in [1.54, 1.807) is 12.3 Å². The zero-order valence-corrected chi connectivity index (χ0v) is 19.4. The summed E-state index contributed by atoms with van der Waals surface area (Å²) in [6.45, 7) is 13.1. The number of hydrogen-bond acceptors (Lipinski definition) is 4. The lowest BCUT2D eigenvalue weighted by Gasteiger charge is -2.21. The Morgan fingerprint density at radius 2 is 2.00 bits per heavy atom. The van der Waals surface area contributed by atoms with E-state index in [4.69, 9.17) is 4.42 Å². The van der Waals surface area contributed by atoms with Crippen LogP contribution in [0.1, 0.15) is 46.3 Å². The van der Waals surface area contributed by atoms with Crippen LogP contribution in [0, 0.1) is 0 Å². The first-order valence-corrected chi connectivity index (χ1v) is 9.65. The lowest BCUT2D eigenvalue weighted by Crippen LogP contribution is -2.43. The first kappa shape index (κ1) is 25.7.